The van der Waals surface area contributed by atoms with Crippen molar-refractivity contribution in [1.29, 1.82) is 0 Å². The molecule has 2 amide bonds. The van der Waals surface area contributed by atoms with Crippen molar-refractivity contribution < 1.29 is 19.8 Å². The number of anilines is 1. The lowest BCUT2D eigenvalue weighted by Crippen LogP contribution is -2.31. The standard InChI is InChI=1S/C9H12N4O4/c1-5(14)2-12-8(15)7-10-3-6(4-11-7)13-9(16)17/h3-5,13-14H,2H2,1H3,(H,12,15)(H,16,17)/t5-/m0/s1. The van der Waals surface area contributed by atoms with Crippen molar-refractivity contribution in [1.82, 2.24) is 15.3 Å². The largest absolute Gasteiger partial charge is 0.465 e. The molecule has 0 aromatic carbocycles. The monoisotopic (exact) mass is 240 g/mol. The molecule has 1 aromatic rings. The van der Waals surface area contributed by atoms with E-state index in [-0.39, 0.29) is 18.1 Å². The maximum Gasteiger partial charge on any atom is 0.409 e. The van der Waals surface area contributed by atoms with E-state index in [1.807, 2.05) is 5.32 Å². The van der Waals surface area contributed by atoms with Gasteiger partial charge < -0.3 is 15.5 Å². The summed E-state index contributed by atoms with van der Waals surface area (Å²) < 4.78 is 0. The lowest BCUT2D eigenvalue weighted by molar-refractivity contribution is 0.0913. The lowest BCUT2D eigenvalue weighted by Gasteiger charge is -2.06. The van der Waals surface area contributed by atoms with Crippen molar-refractivity contribution in [2.45, 2.75) is 13.0 Å². The van der Waals surface area contributed by atoms with E-state index in [4.69, 9.17) is 10.2 Å². The number of hydrogen-bond acceptors (Lipinski definition) is 5. The molecule has 1 aromatic heterocycles. The molecule has 0 radical (unpaired) electrons. The molecule has 0 aliphatic rings. The van der Waals surface area contributed by atoms with E-state index in [9.17, 15) is 9.59 Å². The van der Waals surface area contributed by atoms with Crippen LogP contribution in [0.1, 0.15) is 17.5 Å². The average molecular weight is 240 g/mol. The SMILES string of the molecule is C[C@H](O)CNC(=O)c1ncc(NC(=O)O)cn1. The van der Waals surface area contributed by atoms with Gasteiger partial charge in [0, 0.05) is 6.54 Å². The molecule has 4 N–H and O–H groups in total. The van der Waals surface area contributed by atoms with Gasteiger partial charge in [-0.05, 0) is 6.92 Å². The number of rotatable bonds is 4. The average Bonchev–Trinajstić information content (AvgIpc) is 2.26. The molecule has 17 heavy (non-hydrogen) atoms. The molecule has 0 spiro atoms. The van der Waals surface area contributed by atoms with Crippen molar-refractivity contribution in [2.24, 2.45) is 0 Å². The minimum Gasteiger partial charge on any atom is -0.465 e. The van der Waals surface area contributed by atoms with E-state index in [1.54, 1.807) is 0 Å². The van der Waals surface area contributed by atoms with Crippen LogP contribution in [0.3, 0.4) is 0 Å². The summed E-state index contributed by atoms with van der Waals surface area (Å²) >= 11 is 0. The van der Waals surface area contributed by atoms with Gasteiger partial charge in [0.2, 0.25) is 5.82 Å². The van der Waals surface area contributed by atoms with E-state index < -0.39 is 18.1 Å². The third-order valence-corrected chi connectivity index (χ3v) is 1.66. The summed E-state index contributed by atoms with van der Waals surface area (Å²) in [5, 5.41) is 21.8. The Balaban J connectivity index is 2.60. The van der Waals surface area contributed by atoms with Crippen LogP contribution in [-0.4, -0.2) is 44.8 Å². The molecule has 8 nitrogen and oxygen atoms in total. The number of carboxylic acid groups (broad SMARTS) is 1. The number of aliphatic hydroxyl groups excluding tert-OH is 1. The molecule has 92 valence electrons. The number of aliphatic hydroxyl groups is 1. The highest BCUT2D eigenvalue weighted by atomic mass is 16.4. The van der Waals surface area contributed by atoms with Gasteiger partial charge in [-0.15, -0.1) is 0 Å². The summed E-state index contributed by atoms with van der Waals surface area (Å²) in [5.74, 6) is -0.630. The zero-order valence-corrected chi connectivity index (χ0v) is 9.04. The smallest absolute Gasteiger partial charge is 0.409 e. The topological polar surface area (TPSA) is 124 Å². The van der Waals surface area contributed by atoms with Crippen LogP contribution in [-0.2, 0) is 0 Å². The van der Waals surface area contributed by atoms with Crippen LogP contribution in [0.25, 0.3) is 0 Å². The quantitative estimate of drug-likeness (QED) is 0.571. The number of amides is 2. The first-order valence-corrected chi connectivity index (χ1v) is 4.77. The molecule has 0 saturated heterocycles. The Bertz CT molecular complexity index is 404. The number of nitrogens with one attached hydrogen (secondary N) is 2. The van der Waals surface area contributed by atoms with E-state index in [0.29, 0.717) is 0 Å². The number of carbonyl (C=O) groups excluding carboxylic acids is 1. The Morgan fingerprint density at radius 1 is 1.41 bits per heavy atom. The van der Waals surface area contributed by atoms with Gasteiger partial charge in [-0.25, -0.2) is 14.8 Å². The maximum atomic E-state index is 11.4. The minimum atomic E-state index is -1.24. The van der Waals surface area contributed by atoms with Gasteiger partial charge in [0.25, 0.3) is 5.91 Å². The second-order valence-corrected chi connectivity index (χ2v) is 3.28. The first-order valence-electron chi connectivity index (χ1n) is 4.77. The predicted molar refractivity (Wildman–Crippen MR) is 57.7 cm³/mol. The summed E-state index contributed by atoms with van der Waals surface area (Å²) in [6.07, 6.45) is 0.461. The lowest BCUT2D eigenvalue weighted by atomic mass is 10.4. The highest BCUT2D eigenvalue weighted by Crippen LogP contribution is 2.02. The molecule has 0 aliphatic heterocycles. The highest BCUT2D eigenvalue weighted by Gasteiger charge is 2.09. The number of aromatic nitrogens is 2. The van der Waals surface area contributed by atoms with Crippen molar-refractivity contribution in [3.05, 3.63) is 18.2 Å². The second kappa shape index (κ2) is 5.75. The Hall–Kier alpha value is -2.22. The molecule has 0 saturated carbocycles. The van der Waals surface area contributed by atoms with Crippen molar-refractivity contribution in [3.63, 3.8) is 0 Å². The Morgan fingerprint density at radius 2 is 2.00 bits per heavy atom. The molecule has 0 unspecified atom stereocenters. The van der Waals surface area contributed by atoms with Gasteiger partial charge in [-0.1, -0.05) is 0 Å². The van der Waals surface area contributed by atoms with Crippen LogP contribution < -0.4 is 10.6 Å². The Kier molecular flexibility index (Phi) is 4.35. The first kappa shape index (κ1) is 12.8. The van der Waals surface area contributed by atoms with Gasteiger partial charge in [0.1, 0.15) is 0 Å². The van der Waals surface area contributed by atoms with Crippen molar-refractivity contribution in [3.8, 4) is 0 Å². The normalized spacial score (nSPS) is 11.6. The van der Waals surface area contributed by atoms with Crippen LogP contribution in [0.15, 0.2) is 12.4 Å². The Morgan fingerprint density at radius 3 is 2.47 bits per heavy atom. The van der Waals surface area contributed by atoms with E-state index in [2.05, 4.69) is 15.3 Å². The molecule has 1 heterocycles. The number of carbonyl (C=O) groups is 2. The third-order valence-electron chi connectivity index (χ3n) is 1.66. The fraction of sp³-hybridized carbons (Fsp3) is 0.333. The zero-order valence-electron chi connectivity index (χ0n) is 9.04. The van der Waals surface area contributed by atoms with Gasteiger partial charge in [-0.2, -0.15) is 0 Å². The van der Waals surface area contributed by atoms with Crippen LogP contribution >= 0.6 is 0 Å². The minimum absolute atomic E-state index is 0.0946. The zero-order chi connectivity index (χ0) is 12.8. The summed E-state index contributed by atoms with van der Waals surface area (Å²) in [7, 11) is 0. The molecule has 8 heteroatoms. The van der Waals surface area contributed by atoms with Crippen LogP contribution in [0.4, 0.5) is 10.5 Å². The highest BCUT2D eigenvalue weighted by molar-refractivity contribution is 5.90. The second-order valence-electron chi connectivity index (χ2n) is 3.28. The fourth-order valence-corrected chi connectivity index (χ4v) is 0.953. The van der Waals surface area contributed by atoms with E-state index in [0.717, 1.165) is 0 Å². The molecular weight excluding hydrogens is 228 g/mol. The van der Waals surface area contributed by atoms with Crippen LogP contribution in [0, 0.1) is 0 Å². The first-order chi connectivity index (χ1) is 7.99. The summed E-state index contributed by atoms with van der Waals surface area (Å²) in [6.45, 7) is 1.62. The molecule has 0 bridgehead atoms. The number of hydrogen-bond donors (Lipinski definition) is 4. The summed E-state index contributed by atoms with van der Waals surface area (Å²) in [5.41, 5.74) is 0.171. The van der Waals surface area contributed by atoms with Crippen LogP contribution in [0.2, 0.25) is 0 Å². The molecule has 0 fully saturated rings. The molecule has 0 aliphatic carbocycles. The maximum absolute atomic E-state index is 11.4. The molecule has 1 rings (SSSR count). The summed E-state index contributed by atoms with van der Waals surface area (Å²) in [6, 6.07) is 0. The van der Waals surface area contributed by atoms with Gasteiger partial charge in [0.15, 0.2) is 0 Å². The van der Waals surface area contributed by atoms with E-state index in [1.165, 1.54) is 19.3 Å². The summed E-state index contributed by atoms with van der Waals surface area (Å²) in [4.78, 5) is 29.0. The molecule has 1 atom stereocenters. The van der Waals surface area contributed by atoms with Crippen LogP contribution in [0.5, 0.6) is 0 Å². The third kappa shape index (κ3) is 4.43. The fourth-order valence-electron chi connectivity index (χ4n) is 0.953. The van der Waals surface area contributed by atoms with Crippen molar-refractivity contribution >= 4 is 17.7 Å². The van der Waals surface area contributed by atoms with Crippen molar-refractivity contribution in [2.75, 3.05) is 11.9 Å². The van der Waals surface area contributed by atoms with Gasteiger partial charge >= 0.3 is 6.09 Å². The van der Waals surface area contributed by atoms with Gasteiger partial charge in [-0.3, -0.25) is 10.1 Å². The Labute approximate surface area is 96.7 Å². The number of nitrogens with zero attached hydrogens (tertiary/aromatic N) is 2. The van der Waals surface area contributed by atoms with E-state index >= 15 is 0 Å². The predicted octanol–water partition coefficient (Wildman–Crippen LogP) is -0.323. The van der Waals surface area contributed by atoms with Gasteiger partial charge in [0.05, 0.1) is 24.2 Å². The molecular formula is C9H12N4O4.